The monoisotopic (exact) mass is 483 g/mol. The molecule has 1 aliphatic rings. The highest BCUT2D eigenvalue weighted by Crippen LogP contribution is 2.18. The molecule has 3 aromatic rings. The lowest BCUT2D eigenvalue weighted by molar-refractivity contribution is -0.122. The molecule has 0 unspecified atom stereocenters. The van der Waals surface area contributed by atoms with E-state index < -0.39 is 10.0 Å². The number of nitrogens with one attached hydrogen (secondary N) is 1. The van der Waals surface area contributed by atoms with Gasteiger partial charge in [-0.2, -0.15) is 4.31 Å². The molecule has 0 saturated carbocycles. The Hall–Kier alpha value is -2.98. The lowest BCUT2D eigenvalue weighted by atomic mass is 10.2. The van der Waals surface area contributed by atoms with Crippen LogP contribution < -0.4 is 5.32 Å². The van der Waals surface area contributed by atoms with E-state index in [0.29, 0.717) is 45.9 Å². The number of ether oxygens (including phenoxy) is 1. The molecule has 1 aromatic heterocycles. The van der Waals surface area contributed by atoms with Gasteiger partial charge in [0.2, 0.25) is 15.9 Å². The van der Waals surface area contributed by atoms with Crippen molar-refractivity contribution in [2.45, 2.75) is 24.5 Å². The molecule has 1 saturated heterocycles. The van der Waals surface area contributed by atoms with Crippen molar-refractivity contribution in [2.24, 2.45) is 0 Å². The molecule has 0 aliphatic carbocycles. The van der Waals surface area contributed by atoms with Crippen LogP contribution in [-0.2, 0) is 39.2 Å². The molecule has 2 aromatic carbocycles. The first-order valence-electron chi connectivity index (χ1n) is 11.2. The third-order valence-corrected chi connectivity index (χ3v) is 7.51. The van der Waals surface area contributed by atoms with Gasteiger partial charge in [0.1, 0.15) is 5.76 Å². The van der Waals surface area contributed by atoms with Crippen molar-refractivity contribution >= 4 is 15.9 Å². The summed E-state index contributed by atoms with van der Waals surface area (Å²) in [5.74, 6) is 0.674. The molecule has 9 heteroatoms. The van der Waals surface area contributed by atoms with Gasteiger partial charge in [-0.15, -0.1) is 0 Å². The smallest absolute Gasteiger partial charge is 0.243 e. The maximum absolute atomic E-state index is 12.8. The number of benzene rings is 2. The van der Waals surface area contributed by atoms with Crippen molar-refractivity contribution < 1.29 is 22.4 Å². The van der Waals surface area contributed by atoms with Crippen LogP contribution >= 0.6 is 0 Å². The second-order valence-corrected chi connectivity index (χ2v) is 10.1. The Bertz CT molecular complexity index is 1140. The zero-order chi connectivity index (χ0) is 23.8. The summed E-state index contributed by atoms with van der Waals surface area (Å²) in [6, 6.07) is 20.3. The van der Waals surface area contributed by atoms with Gasteiger partial charge < -0.3 is 14.5 Å². The largest absolute Gasteiger partial charge is 0.468 e. The van der Waals surface area contributed by atoms with Crippen molar-refractivity contribution in [1.29, 1.82) is 0 Å². The van der Waals surface area contributed by atoms with Crippen molar-refractivity contribution in [2.75, 3.05) is 32.8 Å². The fraction of sp³-hybridized carbons (Fsp3) is 0.320. The van der Waals surface area contributed by atoms with Gasteiger partial charge in [0.25, 0.3) is 0 Å². The highest BCUT2D eigenvalue weighted by Gasteiger charge is 2.26. The fourth-order valence-electron chi connectivity index (χ4n) is 3.81. The normalized spacial score (nSPS) is 14.9. The zero-order valence-electron chi connectivity index (χ0n) is 18.9. The molecule has 34 heavy (non-hydrogen) atoms. The number of hydrogen-bond donors (Lipinski definition) is 1. The van der Waals surface area contributed by atoms with Gasteiger partial charge >= 0.3 is 0 Å². The summed E-state index contributed by atoms with van der Waals surface area (Å²) >= 11 is 0. The molecule has 8 nitrogen and oxygen atoms in total. The maximum Gasteiger partial charge on any atom is 0.243 e. The van der Waals surface area contributed by atoms with Crippen molar-refractivity contribution in [3.8, 4) is 0 Å². The second kappa shape index (κ2) is 11.4. The Balaban J connectivity index is 1.33. The molecule has 0 spiro atoms. The summed E-state index contributed by atoms with van der Waals surface area (Å²) in [4.78, 5) is 14.9. The number of morpholine rings is 1. The van der Waals surface area contributed by atoms with Crippen molar-refractivity contribution in [3.63, 3.8) is 0 Å². The van der Waals surface area contributed by atoms with Crippen molar-refractivity contribution in [1.82, 2.24) is 14.5 Å². The predicted molar refractivity (Wildman–Crippen MR) is 127 cm³/mol. The average Bonchev–Trinajstić information content (AvgIpc) is 3.37. The summed E-state index contributed by atoms with van der Waals surface area (Å²) in [7, 11) is -3.53. The SMILES string of the molecule is O=C(CN(Cc1ccccc1)Cc1ccco1)NCc1ccc(S(=O)(=O)N2CCOCC2)cc1. The van der Waals surface area contributed by atoms with E-state index in [0.717, 1.165) is 16.9 Å². The summed E-state index contributed by atoms with van der Waals surface area (Å²) in [6.07, 6.45) is 1.62. The van der Waals surface area contributed by atoms with Crippen LogP contribution in [0.5, 0.6) is 0 Å². The molecule has 0 bridgehead atoms. The molecular weight excluding hydrogens is 454 g/mol. The molecule has 1 fully saturated rings. The zero-order valence-corrected chi connectivity index (χ0v) is 19.7. The Kier molecular flexibility index (Phi) is 8.12. The molecule has 0 atom stereocenters. The third kappa shape index (κ3) is 6.54. The van der Waals surface area contributed by atoms with E-state index in [1.807, 2.05) is 47.4 Å². The predicted octanol–water partition coefficient (Wildman–Crippen LogP) is 2.62. The Morgan fingerprint density at radius 3 is 2.32 bits per heavy atom. The number of sulfonamides is 1. The van der Waals surface area contributed by atoms with Gasteiger partial charge in [0, 0.05) is 26.2 Å². The van der Waals surface area contributed by atoms with Crippen LogP contribution in [0.15, 0.2) is 82.3 Å². The molecular formula is C25H29N3O5S. The second-order valence-electron chi connectivity index (χ2n) is 8.15. The van der Waals surface area contributed by atoms with Gasteiger partial charge in [0.05, 0.1) is 37.5 Å². The third-order valence-electron chi connectivity index (χ3n) is 5.60. The Labute approximate surface area is 200 Å². The van der Waals surface area contributed by atoms with Gasteiger partial charge in [-0.1, -0.05) is 42.5 Å². The molecule has 180 valence electrons. The average molecular weight is 484 g/mol. The van der Waals surface area contributed by atoms with E-state index in [4.69, 9.17) is 9.15 Å². The first kappa shape index (κ1) is 24.2. The highest BCUT2D eigenvalue weighted by molar-refractivity contribution is 7.89. The van der Waals surface area contributed by atoms with E-state index in [2.05, 4.69) is 5.32 Å². The minimum atomic E-state index is -3.53. The number of carbonyl (C=O) groups is 1. The standard InChI is InChI=1S/C25H29N3O5S/c29-25(20-27(19-23-7-4-14-33-23)18-22-5-2-1-3-6-22)26-17-21-8-10-24(11-9-21)34(30,31)28-12-15-32-16-13-28/h1-11,14H,12-13,15-20H2,(H,26,29). The maximum atomic E-state index is 12.8. The molecule has 1 N–H and O–H groups in total. The highest BCUT2D eigenvalue weighted by atomic mass is 32.2. The molecule has 1 aliphatic heterocycles. The van der Waals surface area contributed by atoms with Crippen LogP contribution in [0.3, 0.4) is 0 Å². The quantitative estimate of drug-likeness (QED) is 0.477. The molecule has 0 radical (unpaired) electrons. The van der Waals surface area contributed by atoms with E-state index >= 15 is 0 Å². The van der Waals surface area contributed by atoms with Crippen LogP contribution in [0.1, 0.15) is 16.9 Å². The number of hydrogen-bond acceptors (Lipinski definition) is 6. The Morgan fingerprint density at radius 2 is 1.65 bits per heavy atom. The van der Waals surface area contributed by atoms with E-state index in [1.165, 1.54) is 4.31 Å². The molecule has 1 amide bonds. The summed E-state index contributed by atoms with van der Waals surface area (Å²) in [5, 5.41) is 2.93. The van der Waals surface area contributed by atoms with Crippen LogP contribution in [0.25, 0.3) is 0 Å². The van der Waals surface area contributed by atoms with Crippen LogP contribution in [0, 0.1) is 0 Å². The molecule has 2 heterocycles. The number of amides is 1. The van der Waals surface area contributed by atoms with Crippen LogP contribution in [0.2, 0.25) is 0 Å². The van der Waals surface area contributed by atoms with Gasteiger partial charge in [0.15, 0.2) is 0 Å². The van der Waals surface area contributed by atoms with Crippen LogP contribution in [-0.4, -0.2) is 56.4 Å². The summed E-state index contributed by atoms with van der Waals surface area (Å²) in [6.45, 7) is 3.19. The first-order chi connectivity index (χ1) is 16.5. The number of furan rings is 1. The minimum absolute atomic E-state index is 0.118. The number of rotatable bonds is 10. The lowest BCUT2D eigenvalue weighted by Gasteiger charge is -2.26. The number of carbonyl (C=O) groups excluding carboxylic acids is 1. The lowest BCUT2D eigenvalue weighted by Crippen LogP contribution is -2.40. The van der Waals surface area contributed by atoms with Gasteiger partial charge in [-0.05, 0) is 35.4 Å². The Morgan fingerprint density at radius 1 is 0.912 bits per heavy atom. The van der Waals surface area contributed by atoms with Gasteiger partial charge in [-0.3, -0.25) is 9.69 Å². The minimum Gasteiger partial charge on any atom is -0.468 e. The van der Waals surface area contributed by atoms with E-state index in [9.17, 15) is 13.2 Å². The van der Waals surface area contributed by atoms with Gasteiger partial charge in [-0.25, -0.2) is 8.42 Å². The molecule has 4 rings (SSSR count). The topological polar surface area (TPSA) is 92.1 Å². The van der Waals surface area contributed by atoms with E-state index in [1.54, 1.807) is 30.5 Å². The first-order valence-corrected chi connectivity index (χ1v) is 12.7. The van der Waals surface area contributed by atoms with Crippen LogP contribution in [0.4, 0.5) is 0 Å². The van der Waals surface area contributed by atoms with E-state index in [-0.39, 0.29) is 17.3 Å². The fourth-order valence-corrected chi connectivity index (χ4v) is 5.22. The summed E-state index contributed by atoms with van der Waals surface area (Å²) in [5.41, 5.74) is 1.94. The summed E-state index contributed by atoms with van der Waals surface area (Å²) < 4.78 is 37.6. The number of nitrogens with zero attached hydrogens (tertiary/aromatic N) is 2. The van der Waals surface area contributed by atoms with Crippen molar-refractivity contribution in [3.05, 3.63) is 89.9 Å².